The fraction of sp³-hybridized carbons (Fsp3) is 0.0714. The smallest absolute Gasteiger partial charge is 0.340 e. The summed E-state index contributed by atoms with van der Waals surface area (Å²) in [5.74, 6) is -2.62. The lowest BCUT2D eigenvalue weighted by molar-refractivity contribution is 0.0693. The Morgan fingerprint density at radius 2 is 1.95 bits per heavy atom. The Labute approximate surface area is 131 Å². The Balaban J connectivity index is 2.50. The van der Waals surface area contributed by atoms with E-state index >= 15 is 0 Å². The van der Waals surface area contributed by atoms with Gasteiger partial charge in [-0.3, -0.25) is 4.72 Å². The van der Waals surface area contributed by atoms with E-state index in [2.05, 4.69) is 4.72 Å². The van der Waals surface area contributed by atoms with Crippen LogP contribution in [0.5, 0.6) is 0 Å². The number of carboxylic acid groups (broad SMARTS) is 1. The predicted molar refractivity (Wildman–Crippen MR) is 80.4 cm³/mol. The normalized spacial score (nSPS) is 11.2. The molecule has 116 valence electrons. The molecule has 5 nitrogen and oxygen atoms in total. The third-order valence-corrected chi connectivity index (χ3v) is 4.70. The fourth-order valence-electron chi connectivity index (χ4n) is 1.85. The number of halogens is 2. The zero-order valence-corrected chi connectivity index (χ0v) is 12.9. The van der Waals surface area contributed by atoms with Crippen LogP contribution >= 0.6 is 11.6 Å². The van der Waals surface area contributed by atoms with E-state index in [0.717, 1.165) is 17.7 Å². The summed E-state index contributed by atoms with van der Waals surface area (Å²) >= 11 is 5.90. The van der Waals surface area contributed by atoms with Gasteiger partial charge < -0.3 is 5.11 Å². The van der Waals surface area contributed by atoms with Crippen molar-refractivity contribution < 1.29 is 22.7 Å². The highest BCUT2D eigenvalue weighted by Crippen LogP contribution is 2.27. The Morgan fingerprint density at radius 3 is 2.55 bits per heavy atom. The van der Waals surface area contributed by atoms with Crippen molar-refractivity contribution in [1.82, 2.24) is 0 Å². The van der Waals surface area contributed by atoms with Gasteiger partial charge in [-0.15, -0.1) is 0 Å². The van der Waals surface area contributed by atoms with E-state index in [1.807, 2.05) is 0 Å². The number of rotatable bonds is 4. The highest BCUT2D eigenvalue weighted by Gasteiger charge is 2.23. The van der Waals surface area contributed by atoms with Gasteiger partial charge in [-0.2, -0.15) is 0 Å². The molecule has 2 N–H and O–H groups in total. The molecule has 2 aromatic carbocycles. The zero-order valence-electron chi connectivity index (χ0n) is 11.3. The Kier molecular flexibility index (Phi) is 4.39. The van der Waals surface area contributed by atoms with Gasteiger partial charge in [0.25, 0.3) is 10.0 Å². The van der Waals surface area contributed by atoms with Crippen LogP contribution in [-0.2, 0) is 10.0 Å². The molecule has 2 rings (SSSR count). The van der Waals surface area contributed by atoms with Crippen LogP contribution in [0.25, 0.3) is 0 Å². The maximum absolute atomic E-state index is 13.6. The third kappa shape index (κ3) is 3.20. The molecule has 2 aromatic rings. The highest BCUT2D eigenvalue weighted by molar-refractivity contribution is 7.92. The van der Waals surface area contributed by atoms with Crippen LogP contribution in [0.15, 0.2) is 41.3 Å². The van der Waals surface area contributed by atoms with E-state index in [-0.39, 0.29) is 15.6 Å². The van der Waals surface area contributed by atoms with Crippen LogP contribution in [0.2, 0.25) is 5.02 Å². The first-order chi connectivity index (χ1) is 10.2. The molecule has 8 heteroatoms. The van der Waals surface area contributed by atoms with Crippen LogP contribution in [0, 0.1) is 12.7 Å². The van der Waals surface area contributed by atoms with Crippen molar-refractivity contribution in [2.24, 2.45) is 0 Å². The summed E-state index contributed by atoms with van der Waals surface area (Å²) in [4.78, 5) is 10.9. The Morgan fingerprint density at radius 1 is 1.27 bits per heavy atom. The van der Waals surface area contributed by atoms with Crippen molar-refractivity contribution in [3.05, 3.63) is 58.4 Å². The van der Waals surface area contributed by atoms with Crippen molar-refractivity contribution in [2.45, 2.75) is 11.8 Å². The molecule has 0 aliphatic carbocycles. The van der Waals surface area contributed by atoms with Gasteiger partial charge in [0.15, 0.2) is 0 Å². The summed E-state index contributed by atoms with van der Waals surface area (Å²) in [5, 5.41) is 8.99. The first kappa shape index (κ1) is 16.3. The predicted octanol–water partition coefficient (Wildman–Crippen LogP) is 3.29. The summed E-state index contributed by atoms with van der Waals surface area (Å²) < 4.78 is 40.2. The van der Waals surface area contributed by atoms with E-state index in [9.17, 15) is 17.6 Å². The molecule has 0 aromatic heterocycles. The van der Waals surface area contributed by atoms with Crippen molar-refractivity contribution in [3.8, 4) is 0 Å². The third-order valence-electron chi connectivity index (χ3n) is 2.85. The van der Waals surface area contributed by atoms with Gasteiger partial charge in [0.1, 0.15) is 16.3 Å². The average Bonchev–Trinajstić information content (AvgIpc) is 2.36. The van der Waals surface area contributed by atoms with Gasteiger partial charge >= 0.3 is 5.97 Å². The molecule has 0 amide bonds. The highest BCUT2D eigenvalue weighted by atomic mass is 35.5. The largest absolute Gasteiger partial charge is 0.478 e. The molecule has 0 atom stereocenters. The Hall–Kier alpha value is -2.12. The fourth-order valence-corrected chi connectivity index (χ4v) is 3.52. The second-order valence-corrected chi connectivity index (χ2v) is 6.56. The summed E-state index contributed by atoms with van der Waals surface area (Å²) in [6.07, 6.45) is 0. The van der Waals surface area contributed by atoms with Crippen LogP contribution in [0.1, 0.15) is 15.9 Å². The maximum atomic E-state index is 13.6. The molecule has 0 heterocycles. The zero-order chi connectivity index (χ0) is 16.5. The van der Waals surface area contributed by atoms with E-state index < -0.39 is 27.4 Å². The van der Waals surface area contributed by atoms with E-state index in [1.54, 1.807) is 13.0 Å². The molecule has 0 saturated heterocycles. The second-order valence-electron chi connectivity index (χ2n) is 4.51. The van der Waals surface area contributed by atoms with Crippen LogP contribution in [-0.4, -0.2) is 19.5 Å². The summed E-state index contributed by atoms with van der Waals surface area (Å²) in [6.45, 7) is 1.74. The number of carbonyl (C=O) groups is 1. The maximum Gasteiger partial charge on any atom is 0.340 e. The molecular formula is C14H11ClFNO4S. The molecular weight excluding hydrogens is 333 g/mol. The number of benzene rings is 2. The van der Waals surface area contributed by atoms with Crippen molar-refractivity contribution >= 4 is 33.3 Å². The Bertz CT molecular complexity index is 852. The average molecular weight is 344 g/mol. The molecule has 0 radical (unpaired) electrons. The number of anilines is 1. The first-order valence-corrected chi connectivity index (χ1v) is 7.89. The molecule has 0 bridgehead atoms. The summed E-state index contributed by atoms with van der Waals surface area (Å²) in [7, 11) is -4.15. The van der Waals surface area contributed by atoms with Crippen molar-refractivity contribution in [3.63, 3.8) is 0 Å². The number of carboxylic acids is 1. The monoisotopic (exact) mass is 343 g/mol. The van der Waals surface area contributed by atoms with Gasteiger partial charge in [0.05, 0.1) is 10.7 Å². The van der Waals surface area contributed by atoms with Crippen LogP contribution in [0.3, 0.4) is 0 Å². The summed E-state index contributed by atoms with van der Waals surface area (Å²) in [5.41, 5.74) is -0.362. The lowest BCUT2D eigenvalue weighted by atomic mass is 10.2. The van der Waals surface area contributed by atoms with Crippen LogP contribution < -0.4 is 4.72 Å². The van der Waals surface area contributed by atoms with Crippen molar-refractivity contribution in [2.75, 3.05) is 4.72 Å². The molecule has 0 spiro atoms. The minimum Gasteiger partial charge on any atom is -0.478 e. The molecule has 0 aliphatic rings. The molecule has 0 unspecified atom stereocenters. The topological polar surface area (TPSA) is 83.5 Å². The summed E-state index contributed by atoms with van der Waals surface area (Å²) in [6, 6.07) is 7.59. The van der Waals surface area contributed by atoms with Gasteiger partial charge in [0.2, 0.25) is 0 Å². The minimum atomic E-state index is -4.15. The number of nitrogens with one attached hydrogen (secondary N) is 1. The molecule has 0 fully saturated rings. The molecule has 0 saturated carbocycles. The number of sulfonamides is 1. The van der Waals surface area contributed by atoms with Gasteiger partial charge in [0, 0.05) is 0 Å². The van der Waals surface area contributed by atoms with E-state index in [0.29, 0.717) is 0 Å². The SMILES string of the molecule is Cc1ccc(S(=O)(=O)Nc2cccc(F)c2C(=O)O)c(Cl)c1. The molecule has 22 heavy (non-hydrogen) atoms. The van der Waals surface area contributed by atoms with Crippen LogP contribution in [0.4, 0.5) is 10.1 Å². The number of aromatic carboxylic acids is 1. The lowest BCUT2D eigenvalue weighted by Gasteiger charge is -2.12. The van der Waals surface area contributed by atoms with E-state index in [1.165, 1.54) is 18.2 Å². The van der Waals surface area contributed by atoms with Gasteiger partial charge in [-0.1, -0.05) is 23.7 Å². The van der Waals surface area contributed by atoms with Gasteiger partial charge in [-0.05, 0) is 36.8 Å². The van der Waals surface area contributed by atoms with Gasteiger partial charge in [-0.25, -0.2) is 17.6 Å². The first-order valence-electron chi connectivity index (χ1n) is 6.03. The van der Waals surface area contributed by atoms with Crippen molar-refractivity contribution in [1.29, 1.82) is 0 Å². The quantitative estimate of drug-likeness (QED) is 0.892. The minimum absolute atomic E-state index is 0.0132. The number of aryl methyl sites for hydroxylation is 1. The second kappa shape index (κ2) is 5.94. The standard InChI is InChI=1S/C14H11ClFNO4S/c1-8-5-6-12(9(15)7-8)22(20,21)17-11-4-2-3-10(16)13(11)14(18)19/h2-7,17H,1H3,(H,18,19). The van der Waals surface area contributed by atoms with E-state index in [4.69, 9.17) is 16.7 Å². The lowest BCUT2D eigenvalue weighted by Crippen LogP contribution is -2.17. The number of hydrogen-bond acceptors (Lipinski definition) is 3. The molecule has 0 aliphatic heterocycles. The number of hydrogen-bond donors (Lipinski definition) is 2.